The average Bonchev–Trinajstić information content (AvgIpc) is 2.63. The summed E-state index contributed by atoms with van der Waals surface area (Å²) in [6.07, 6.45) is 9.58. The van der Waals surface area contributed by atoms with Crippen molar-refractivity contribution >= 4 is 0 Å². The second-order valence-corrected chi connectivity index (χ2v) is 6.66. The number of piperidine rings is 1. The highest BCUT2D eigenvalue weighted by Gasteiger charge is 2.34. The summed E-state index contributed by atoms with van der Waals surface area (Å²) >= 11 is 0. The van der Waals surface area contributed by atoms with E-state index in [-0.39, 0.29) is 0 Å². The molecule has 0 unspecified atom stereocenters. The molecule has 1 fully saturated rings. The zero-order valence-electron chi connectivity index (χ0n) is 14.6. The van der Waals surface area contributed by atoms with Crippen molar-refractivity contribution in [1.82, 2.24) is 14.9 Å². The van der Waals surface area contributed by atoms with Crippen molar-refractivity contribution in [1.29, 1.82) is 0 Å². The van der Waals surface area contributed by atoms with E-state index in [1.807, 2.05) is 24.5 Å². The topological polar surface area (TPSA) is 55.0 Å². The van der Waals surface area contributed by atoms with Gasteiger partial charge in [-0.1, -0.05) is 12.1 Å². The number of aryl methyl sites for hydroxylation is 1. The zero-order valence-corrected chi connectivity index (χ0v) is 14.6. The summed E-state index contributed by atoms with van der Waals surface area (Å²) in [7, 11) is 0. The van der Waals surface area contributed by atoms with Gasteiger partial charge in [-0.05, 0) is 75.9 Å². The summed E-state index contributed by atoms with van der Waals surface area (Å²) in [6.45, 7) is 3.99. The molecule has 128 valence electrons. The summed E-state index contributed by atoms with van der Waals surface area (Å²) in [5.41, 5.74) is 9.41. The van der Waals surface area contributed by atoms with E-state index in [2.05, 4.69) is 35.0 Å². The minimum absolute atomic E-state index is 0.379. The number of rotatable bonds is 6. The first-order valence-corrected chi connectivity index (χ1v) is 9.09. The van der Waals surface area contributed by atoms with Crippen LogP contribution in [0.5, 0.6) is 0 Å². The Bertz CT molecular complexity index is 629. The Labute approximate surface area is 145 Å². The molecule has 2 aromatic rings. The highest BCUT2D eigenvalue weighted by Crippen LogP contribution is 2.41. The predicted molar refractivity (Wildman–Crippen MR) is 97.5 cm³/mol. The number of pyridine rings is 2. The normalized spacial score (nSPS) is 21.8. The van der Waals surface area contributed by atoms with E-state index in [0.29, 0.717) is 12.1 Å². The van der Waals surface area contributed by atoms with E-state index in [4.69, 9.17) is 10.7 Å². The third kappa shape index (κ3) is 3.82. The Morgan fingerprint density at radius 2 is 1.88 bits per heavy atom. The number of likely N-dealkylation sites (tertiary alicyclic amines) is 1. The fraction of sp³-hybridized carbons (Fsp3) is 0.500. The van der Waals surface area contributed by atoms with Crippen LogP contribution in [-0.4, -0.2) is 28.0 Å². The standard InChI is InChI=1S/C20H28N4/c1-16-8-7-14-23-20(16)19-11-6-10-18(17-9-2-4-13-22-17)24(19)15-5-3-12-21/h2,4,7-9,13-14,18-19H,3,5-6,10-12,15,21H2,1H3/t18-,19+/m1/s1. The van der Waals surface area contributed by atoms with Crippen LogP contribution in [0.1, 0.15) is 61.1 Å². The van der Waals surface area contributed by atoms with Crippen LogP contribution in [0, 0.1) is 6.92 Å². The Morgan fingerprint density at radius 1 is 1.04 bits per heavy atom. The fourth-order valence-corrected chi connectivity index (χ4v) is 3.84. The molecule has 1 aliphatic rings. The fourth-order valence-electron chi connectivity index (χ4n) is 3.84. The third-order valence-corrected chi connectivity index (χ3v) is 5.02. The van der Waals surface area contributed by atoms with Gasteiger partial charge in [-0.25, -0.2) is 0 Å². The SMILES string of the molecule is Cc1cccnc1[C@@H]1CCC[C@H](c2ccccn2)N1CCCCN. The largest absolute Gasteiger partial charge is 0.330 e. The molecule has 0 spiro atoms. The van der Waals surface area contributed by atoms with Crippen molar-refractivity contribution in [3.05, 3.63) is 59.7 Å². The molecule has 2 N–H and O–H groups in total. The van der Waals surface area contributed by atoms with Crippen molar-refractivity contribution in [3.8, 4) is 0 Å². The lowest BCUT2D eigenvalue weighted by Crippen LogP contribution is -2.38. The van der Waals surface area contributed by atoms with Crippen LogP contribution in [0.2, 0.25) is 0 Å². The molecule has 2 atom stereocenters. The van der Waals surface area contributed by atoms with Crippen molar-refractivity contribution in [2.24, 2.45) is 5.73 Å². The number of hydrogen-bond donors (Lipinski definition) is 1. The molecule has 0 saturated carbocycles. The Hall–Kier alpha value is -1.78. The second kappa shape index (κ2) is 8.36. The van der Waals surface area contributed by atoms with Gasteiger partial charge in [-0.3, -0.25) is 14.9 Å². The van der Waals surface area contributed by atoms with Gasteiger partial charge >= 0.3 is 0 Å². The van der Waals surface area contributed by atoms with Crippen LogP contribution in [0.15, 0.2) is 42.7 Å². The Morgan fingerprint density at radius 3 is 2.62 bits per heavy atom. The lowest BCUT2D eigenvalue weighted by atomic mass is 9.89. The number of unbranched alkanes of at least 4 members (excludes halogenated alkanes) is 1. The molecule has 3 rings (SSSR count). The maximum Gasteiger partial charge on any atom is 0.0604 e. The second-order valence-electron chi connectivity index (χ2n) is 6.66. The molecule has 3 heterocycles. The third-order valence-electron chi connectivity index (χ3n) is 5.02. The molecule has 4 heteroatoms. The molecule has 4 nitrogen and oxygen atoms in total. The summed E-state index contributed by atoms with van der Waals surface area (Å²) in [6, 6.07) is 11.2. The van der Waals surface area contributed by atoms with Crippen LogP contribution < -0.4 is 5.73 Å². The lowest BCUT2D eigenvalue weighted by molar-refractivity contribution is 0.0748. The van der Waals surface area contributed by atoms with Crippen molar-refractivity contribution in [3.63, 3.8) is 0 Å². The molecule has 0 bridgehead atoms. The first kappa shape index (κ1) is 17.1. The van der Waals surface area contributed by atoms with Crippen molar-refractivity contribution in [2.45, 2.75) is 51.1 Å². The van der Waals surface area contributed by atoms with Gasteiger partial charge in [0.15, 0.2) is 0 Å². The molecule has 0 amide bonds. The summed E-state index contributed by atoms with van der Waals surface area (Å²) < 4.78 is 0. The highest BCUT2D eigenvalue weighted by atomic mass is 15.2. The minimum Gasteiger partial charge on any atom is -0.330 e. The number of nitrogens with two attached hydrogens (primary N) is 1. The quantitative estimate of drug-likeness (QED) is 0.821. The molecule has 0 aliphatic carbocycles. The van der Waals surface area contributed by atoms with Crippen LogP contribution in [0.3, 0.4) is 0 Å². The molecule has 0 radical (unpaired) electrons. The van der Waals surface area contributed by atoms with Crippen molar-refractivity contribution in [2.75, 3.05) is 13.1 Å². The maximum absolute atomic E-state index is 5.72. The maximum atomic E-state index is 5.72. The van der Waals surface area contributed by atoms with E-state index < -0.39 is 0 Å². The first-order valence-electron chi connectivity index (χ1n) is 9.09. The van der Waals surface area contributed by atoms with Crippen LogP contribution in [-0.2, 0) is 0 Å². The average molecular weight is 324 g/mol. The van der Waals surface area contributed by atoms with E-state index in [1.54, 1.807) is 0 Å². The van der Waals surface area contributed by atoms with E-state index in [1.165, 1.54) is 36.2 Å². The number of aromatic nitrogens is 2. The number of hydrogen-bond acceptors (Lipinski definition) is 4. The summed E-state index contributed by atoms with van der Waals surface area (Å²) in [5, 5.41) is 0. The van der Waals surface area contributed by atoms with Gasteiger partial charge < -0.3 is 5.73 Å². The van der Waals surface area contributed by atoms with Gasteiger partial charge in [0, 0.05) is 12.4 Å². The molecular weight excluding hydrogens is 296 g/mol. The van der Waals surface area contributed by atoms with E-state index >= 15 is 0 Å². The van der Waals surface area contributed by atoms with Gasteiger partial charge in [0.2, 0.25) is 0 Å². The van der Waals surface area contributed by atoms with Gasteiger partial charge in [-0.15, -0.1) is 0 Å². The predicted octanol–water partition coefficient (Wildman–Crippen LogP) is 3.79. The van der Waals surface area contributed by atoms with Gasteiger partial charge in [0.05, 0.1) is 23.5 Å². The molecule has 1 saturated heterocycles. The Balaban J connectivity index is 1.90. The minimum atomic E-state index is 0.379. The van der Waals surface area contributed by atoms with E-state index in [0.717, 1.165) is 25.9 Å². The van der Waals surface area contributed by atoms with Crippen LogP contribution in [0.25, 0.3) is 0 Å². The molecular formula is C20H28N4. The zero-order chi connectivity index (χ0) is 16.8. The highest BCUT2D eigenvalue weighted by molar-refractivity contribution is 5.23. The van der Waals surface area contributed by atoms with E-state index in [9.17, 15) is 0 Å². The van der Waals surface area contributed by atoms with Gasteiger partial charge in [0.25, 0.3) is 0 Å². The first-order chi connectivity index (χ1) is 11.8. The summed E-state index contributed by atoms with van der Waals surface area (Å²) in [5.74, 6) is 0. The summed E-state index contributed by atoms with van der Waals surface area (Å²) in [4.78, 5) is 12.0. The van der Waals surface area contributed by atoms with Crippen molar-refractivity contribution < 1.29 is 0 Å². The smallest absolute Gasteiger partial charge is 0.0604 e. The molecule has 0 aromatic carbocycles. The lowest BCUT2D eigenvalue weighted by Gasteiger charge is -2.42. The number of nitrogens with zero attached hydrogens (tertiary/aromatic N) is 3. The Kier molecular flexibility index (Phi) is 5.94. The van der Waals surface area contributed by atoms with Gasteiger partial charge in [-0.2, -0.15) is 0 Å². The van der Waals surface area contributed by atoms with Gasteiger partial charge in [0.1, 0.15) is 0 Å². The monoisotopic (exact) mass is 324 g/mol. The van der Waals surface area contributed by atoms with Crippen LogP contribution in [0.4, 0.5) is 0 Å². The molecule has 24 heavy (non-hydrogen) atoms. The molecule has 1 aliphatic heterocycles. The molecule has 2 aromatic heterocycles. The van der Waals surface area contributed by atoms with Crippen LogP contribution >= 0.6 is 0 Å².